The van der Waals surface area contributed by atoms with Crippen molar-refractivity contribution in [1.29, 1.82) is 0 Å². The lowest BCUT2D eigenvalue weighted by atomic mass is 10.3. The summed E-state index contributed by atoms with van der Waals surface area (Å²) in [5.41, 5.74) is 6.00. The second-order valence-electron chi connectivity index (χ2n) is 3.10. The molecule has 1 heterocycles. The van der Waals surface area contributed by atoms with Gasteiger partial charge in [0, 0.05) is 15.5 Å². The molecule has 0 spiro atoms. The first-order valence-electron chi connectivity index (χ1n) is 5.05. The van der Waals surface area contributed by atoms with Crippen molar-refractivity contribution in [2.24, 2.45) is 10.7 Å². The van der Waals surface area contributed by atoms with Crippen LogP contribution in [0.15, 0.2) is 29.4 Å². The van der Waals surface area contributed by atoms with E-state index in [1.807, 2.05) is 6.92 Å². The van der Waals surface area contributed by atoms with Crippen LogP contribution in [0.3, 0.4) is 0 Å². The van der Waals surface area contributed by atoms with Crippen molar-refractivity contribution in [3.05, 3.63) is 34.2 Å². The lowest BCUT2D eigenvalue weighted by Crippen LogP contribution is -1.90. The summed E-state index contributed by atoms with van der Waals surface area (Å²) < 4.78 is 0. The predicted octanol–water partition coefficient (Wildman–Crippen LogP) is 3.66. The van der Waals surface area contributed by atoms with Crippen LogP contribution in [0.5, 0.6) is 0 Å². The van der Waals surface area contributed by atoms with Crippen LogP contribution < -0.4 is 5.73 Å². The lowest BCUT2D eigenvalue weighted by Gasteiger charge is -1.94. The van der Waals surface area contributed by atoms with E-state index in [0.29, 0.717) is 0 Å². The minimum absolute atomic E-state index is 0.864. The number of thioether (sulfide) groups is 1. The molecule has 0 saturated carbocycles. The van der Waals surface area contributed by atoms with Crippen molar-refractivity contribution < 1.29 is 0 Å². The van der Waals surface area contributed by atoms with Crippen molar-refractivity contribution in [2.45, 2.75) is 20.8 Å². The minimum atomic E-state index is 0.864. The zero-order valence-electron chi connectivity index (χ0n) is 10.4. The highest BCUT2D eigenvalue weighted by atomic mass is 32.2. The van der Waals surface area contributed by atoms with Gasteiger partial charge in [-0.15, -0.1) is 23.1 Å². The number of rotatable bonds is 3. The maximum absolute atomic E-state index is 4.85. The first-order chi connectivity index (χ1) is 7.65. The van der Waals surface area contributed by atoms with Gasteiger partial charge in [0.05, 0.1) is 5.88 Å². The maximum Gasteiger partial charge on any atom is 0.0844 e. The zero-order chi connectivity index (χ0) is 12.4. The molecule has 0 saturated heterocycles. The normalized spacial score (nSPS) is 11.4. The fourth-order valence-corrected chi connectivity index (χ4v) is 2.02. The first-order valence-corrected chi connectivity index (χ1v) is 7.26. The molecule has 0 atom stereocenters. The third-order valence-electron chi connectivity index (χ3n) is 1.72. The largest absolute Gasteiger partial charge is 0.405 e. The van der Waals surface area contributed by atoms with Crippen molar-refractivity contribution in [3.63, 3.8) is 0 Å². The first kappa shape index (κ1) is 15.3. The van der Waals surface area contributed by atoms with Crippen molar-refractivity contribution in [2.75, 3.05) is 12.1 Å². The fourth-order valence-electron chi connectivity index (χ4n) is 0.868. The van der Waals surface area contributed by atoms with Gasteiger partial charge >= 0.3 is 0 Å². The molecular formula is C12H20N2S2. The van der Waals surface area contributed by atoms with Gasteiger partial charge in [-0.2, -0.15) is 0 Å². The lowest BCUT2D eigenvalue weighted by molar-refractivity contribution is 1.37. The molecule has 2 nitrogen and oxygen atoms in total. The van der Waals surface area contributed by atoms with E-state index in [2.05, 4.69) is 37.2 Å². The number of aliphatic imine (C=N–C) groups is 1. The van der Waals surface area contributed by atoms with Crippen LogP contribution >= 0.6 is 23.1 Å². The Morgan fingerprint density at radius 2 is 2.19 bits per heavy atom. The number of hydrogen-bond donors (Lipinski definition) is 1. The van der Waals surface area contributed by atoms with Crippen LogP contribution in [-0.2, 0) is 0 Å². The average molecular weight is 256 g/mol. The second-order valence-corrected chi connectivity index (χ2v) is 5.22. The monoisotopic (exact) mass is 256 g/mol. The molecule has 0 unspecified atom stereocenters. The Kier molecular flexibility index (Phi) is 9.04. The number of nitrogens with two attached hydrogens (primary N) is 1. The van der Waals surface area contributed by atoms with Crippen LogP contribution in [0.4, 0.5) is 0 Å². The molecule has 1 rings (SSSR count). The molecule has 4 heteroatoms. The highest BCUT2D eigenvalue weighted by molar-refractivity contribution is 7.98. The number of nitrogens with zero attached hydrogens (tertiary/aromatic N) is 1. The molecule has 1 aromatic heterocycles. The topological polar surface area (TPSA) is 38.4 Å². The van der Waals surface area contributed by atoms with E-state index < -0.39 is 0 Å². The molecule has 90 valence electrons. The highest BCUT2D eigenvalue weighted by Crippen LogP contribution is 2.16. The van der Waals surface area contributed by atoms with Gasteiger partial charge in [-0.05, 0) is 45.4 Å². The molecule has 0 aliphatic rings. The summed E-state index contributed by atoms with van der Waals surface area (Å²) in [6, 6.07) is 4.28. The quantitative estimate of drug-likeness (QED) is 0.838. The Labute approximate surface area is 107 Å². The van der Waals surface area contributed by atoms with E-state index in [1.54, 1.807) is 29.2 Å². The molecule has 0 bridgehead atoms. The molecule has 0 fully saturated rings. The molecule has 0 radical (unpaired) electrons. The van der Waals surface area contributed by atoms with Gasteiger partial charge in [0.15, 0.2) is 0 Å². The summed E-state index contributed by atoms with van der Waals surface area (Å²) in [5, 5.41) is 0. The molecule has 16 heavy (non-hydrogen) atoms. The average Bonchev–Trinajstić information content (AvgIpc) is 2.73. The Bertz CT molecular complexity index is 337. The van der Waals surface area contributed by atoms with E-state index >= 15 is 0 Å². The molecule has 1 aromatic rings. The molecule has 0 amide bonds. The van der Waals surface area contributed by atoms with Gasteiger partial charge in [0.2, 0.25) is 0 Å². The third kappa shape index (κ3) is 6.69. The second kappa shape index (κ2) is 9.48. The SMILES string of the molecule is C/C=C\N.CSC/N=C(\C)c1ccc(C)s1. The summed E-state index contributed by atoms with van der Waals surface area (Å²) in [6.45, 7) is 6.07. The Morgan fingerprint density at radius 3 is 2.56 bits per heavy atom. The van der Waals surface area contributed by atoms with E-state index in [0.717, 1.165) is 11.6 Å². The standard InChI is InChI=1S/C9H13NS2.C3H7N/c1-7-4-5-9(12-7)8(2)10-6-11-3;1-2-3-4/h4-5H,6H2,1-3H3;2-3H,4H2,1H3/b10-8+;3-2-. The minimum Gasteiger partial charge on any atom is -0.405 e. The van der Waals surface area contributed by atoms with Gasteiger partial charge < -0.3 is 5.73 Å². The number of aryl methyl sites for hydroxylation is 1. The van der Waals surface area contributed by atoms with Crippen LogP contribution in [0.25, 0.3) is 0 Å². The molecule has 0 aliphatic carbocycles. The van der Waals surface area contributed by atoms with Crippen LogP contribution in [0.1, 0.15) is 23.6 Å². The summed E-state index contributed by atoms with van der Waals surface area (Å²) in [6.07, 6.45) is 5.34. The summed E-state index contributed by atoms with van der Waals surface area (Å²) in [7, 11) is 0. The Morgan fingerprint density at radius 1 is 1.56 bits per heavy atom. The van der Waals surface area contributed by atoms with Crippen molar-refractivity contribution >= 4 is 28.8 Å². The van der Waals surface area contributed by atoms with Crippen LogP contribution in [0.2, 0.25) is 0 Å². The van der Waals surface area contributed by atoms with Gasteiger partial charge in [-0.25, -0.2) is 0 Å². The number of allylic oxidation sites excluding steroid dienone is 1. The van der Waals surface area contributed by atoms with Crippen LogP contribution in [-0.4, -0.2) is 17.8 Å². The Hall–Kier alpha value is -0.740. The smallest absolute Gasteiger partial charge is 0.0844 e. The molecule has 0 aliphatic heterocycles. The number of hydrogen-bond acceptors (Lipinski definition) is 4. The van der Waals surface area contributed by atoms with Crippen molar-refractivity contribution in [1.82, 2.24) is 0 Å². The van der Waals surface area contributed by atoms with Gasteiger partial charge in [-0.3, -0.25) is 4.99 Å². The molecule has 2 N–H and O–H groups in total. The van der Waals surface area contributed by atoms with E-state index in [-0.39, 0.29) is 0 Å². The van der Waals surface area contributed by atoms with Gasteiger partial charge in [-0.1, -0.05) is 6.08 Å². The van der Waals surface area contributed by atoms with Crippen molar-refractivity contribution in [3.8, 4) is 0 Å². The molecule has 0 aromatic carbocycles. The maximum atomic E-state index is 4.85. The summed E-state index contributed by atoms with van der Waals surface area (Å²) >= 11 is 3.55. The van der Waals surface area contributed by atoms with E-state index in [4.69, 9.17) is 5.73 Å². The van der Waals surface area contributed by atoms with E-state index in [1.165, 1.54) is 16.0 Å². The molecular weight excluding hydrogens is 236 g/mol. The Balaban J connectivity index is 0.000000487. The van der Waals surface area contributed by atoms with Crippen LogP contribution in [0, 0.1) is 6.92 Å². The highest BCUT2D eigenvalue weighted by Gasteiger charge is 1.98. The predicted molar refractivity (Wildman–Crippen MR) is 78.7 cm³/mol. The van der Waals surface area contributed by atoms with Gasteiger partial charge in [0.25, 0.3) is 0 Å². The zero-order valence-corrected chi connectivity index (χ0v) is 12.0. The summed E-state index contributed by atoms with van der Waals surface area (Å²) in [4.78, 5) is 7.06. The summed E-state index contributed by atoms with van der Waals surface area (Å²) in [5.74, 6) is 0.864. The van der Waals surface area contributed by atoms with E-state index in [9.17, 15) is 0 Å². The number of thiophene rings is 1. The van der Waals surface area contributed by atoms with Gasteiger partial charge in [0.1, 0.15) is 0 Å². The fraction of sp³-hybridized carbons (Fsp3) is 0.417. The third-order valence-corrected chi connectivity index (χ3v) is 3.22.